The summed E-state index contributed by atoms with van der Waals surface area (Å²) in [6, 6.07) is 9.85. The standard InChI is InChI=1S/C17H16Cl2N2O3S/c1-21(10-12-3-2-4-14(18)17(12)19)25(23,24)13-6-7-15-11(9-13)5-8-16(22)20-15/h2-4,6-7,9H,5,8,10H2,1H3,(H,20,22). The van der Waals surface area contributed by atoms with Gasteiger partial charge < -0.3 is 5.32 Å². The van der Waals surface area contributed by atoms with Crippen molar-refractivity contribution in [2.75, 3.05) is 12.4 Å². The smallest absolute Gasteiger partial charge is 0.243 e. The number of rotatable bonds is 4. The molecular formula is C17H16Cl2N2O3S. The van der Waals surface area contributed by atoms with Gasteiger partial charge in [-0.2, -0.15) is 4.31 Å². The molecule has 5 nitrogen and oxygen atoms in total. The molecule has 1 aliphatic heterocycles. The van der Waals surface area contributed by atoms with E-state index < -0.39 is 10.0 Å². The molecule has 25 heavy (non-hydrogen) atoms. The number of aryl methyl sites for hydroxylation is 1. The summed E-state index contributed by atoms with van der Waals surface area (Å²) in [4.78, 5) is 11.6. The Morgan fingerprint density at radius 2 is 1.92 bits per heavy atom. The minimum absolute atomic E-state index is 0.0594. The Balaban J connectivity index is 1.88. The highest BCUT2D eigenvalue weighted by atomic mass is 35.5. The van der Waals surface area contributed by atoms with Gasteiger partial charge in [-0.3, -0.25) is 4.79 Å². The largest absolute Gasteiger partial charge is 0.326 e. The van der Waals surface area contributed by atoms with Crippen molar-refractivity contribution in [1.82, 2.24) is 4.31 Å². The van der Waals surface area contributed by atoms with Crippen LogP contribution in [0, 0.1) is 0 Å². The van der Waals surface area contributed by atoms with E-state index in [2.05, 4.69) is 5.32 Å². The van der Waals surface area contributed by atoms with Gasteiger partial charge >= 0.3 is 0 Å². The van der Waals surface area contributed by atoms with Crippen LogP contribution in [0.15, 0.2) is 41.3 Å². The molecule has 0 atom stereocenters. The molecule has 0 spiro atoms. The van der Waals surface area contributed by atoms with Gasteiger partial charge in [-0.05, 0) is 41.8 Å². The van der Waals surface area contributed by atoms with Crippen LogP contribution in [0.2, 0.25) is 10.0 Å². The zero-order valence-corrected chi connectivity index (χ0v) is 15.7. The third-order valence-corrected chi connectivity index (χ3v) is 6.76. The molecule has 0 radical (unpaired) electrons. The van der Waals surface area contributed by atoms with Gasteiger partial charge in [-0.25, -0.2) is 8.42 Å². The van der Waals surface area contributed by atoms with Crippen LogP contribution in [0.5, 0.6) is 0 Å². The van der Waals surface area contributed by atoms with Crippen molar-refractivity contribution >= 4 is 44.8 Å². The molecule has 1 aliphatic rings. The highest BCUT2D eigenvalue weighted by molar-refractivity contribution is 7.89. The Hall–Kier alpha value is -1.60. The number of nitrogens with one attached hydrogen (secondary N) is 1. The van der Waals surface area contributed by atoms with E-state index in [1.165, 1.54) is 17.4 Å². The number of anilines is 1. The van der Waals surface area contributed by atoms with Crippen molar-refractivity contribution in [3.8, 4) is 0 Å². The summed E-state index contributed by atoms with van der Waals surface area (Å²) in [6.07, 6.45) is 0.874. The van der Waals surface area contributed by atoms with Gasteiger partial charge in [0.2, 0.25) is 15.9 Å². The number of benzene rings is 2. The summed E-state index contributed by atoms with van der Waals surface area (Å²) in [7, 11) is -2.20. The Labute approximate surface area is 156 Å². The van der Waals surface area contributed by atoms with Crippen molar-refractivity contribution < 1.29 is 13.2 Å². The molecule has 2 aromatic carbocycles. The van der Waals surface area contributed by atoms with E-state index >= 15 is 0 Å². The van der Waals surface area contributed by atoms with Crippen molar-refractivity contribution in [1.29, 1.82) is 0 Å². The normalized spacial score (nSPS) is 14.3. The van der Waals surface area contributed by atoms with Crippen LogP contribution in [0.4, 0.5) is 5.69 Å². The van der Waals surface area contributed by atoms with Crippen molar-refractivity contribution in [3.05, 3.63) is 57.6 Å². The number of carbonyl (C=O) groups excluding carboxylic acids is 1. The number of amides is 1. The Kier molecular flexibility index (Phi) is 5.06. The van der Waals surface area contributed by atoms with Gasteiger partial charge in [0.1, 0.15) is 0 Å². The molecule has 1 N–H and O–H groups in total. The lowest BCUT2D eigenvalue weighted by Crippen LogP contribution is -2.27. The first-order valence-electron chi connectivity index (χ1n) is 7.61. The monoisotopic (exact) mass is 398 g/mol. The minimum atomic E-state index is -3.69. The second kappa shape index (κ2) is 6.96. The third kappa shape index (κ3) is 3.67. The van der Waals surface area contributed by atoms with Crippen LogP contribution in [0.25, 0.3) is 0 Å². The number of carbonyl (C=O) groups is 1. The molecule has 1 amide bonds. The van der Waals surface area contributed by atoms with E-state index in [-0.39, 0.29) is 17.3 Å². The highest BCUT2D eigenvalue weighted by Gasteiger charge is 2.24. The maximum atomic E-state index is 12.8. The fourth-order valence-electron chi connectivity index (χ4n) is 2.70. The van der Waals surface area contributed by atoms with E-state index in [4.69, 9.17) is 23.2 Å². The first kappa shape index (κ1) is 18.2. The highest BCUT2D eigenvalue weighted by Crippen LogP contribution is 2.29. The summed E-state index contributed by atoms with van der Waals surface area (Å²) >= 11 is 12.1. The quantitative estimate of drug-likeness (QED) is 0.853. The molecule has 0 aliphatic carbocycles. The van der Waals surface area contributed by atoms with Crippen molar-refractivity contribution in [3.63, 3.8) is 0 Å². The molecule has 8 heteroatoms. The van der Waals surface area contributed by atoms with E-state index in [0.717, 1.165) is 5.56 Å². The average molecular weight is 399 g/mol. The molecule has 0 fully saturated rings. The van der Waals surface area contributed by atoms with E-state index in [9.17, 15) is 13.2 Å². The number of hydrogen-bond acceptors (Lipinski definition) is 3. The van der Waals surface area contributed by atoms with Crippen LogP contribution >= 0.6 is 23.2 Å². The second-order valence-corrected chi connectivity index (χ2v) is 8.67. The van der Waals surface area contributed by atoms with E-state index in [1.807, 2.05) is 0 Å². The van der Waals surface area contributed by atoms with Crippen LogP contribution in [-0.4, -0.2) is 25.7 Å². The van der Waals surface area contributed by atoms with Crippen LogP contribution < -0.4 is 5.32 Å². The molecule has 2 aromatic rings. The first-order chi connectivity index (χ1) is 11.8. The van der Waals surface area contributed by atoms with Crippen molar-refractivity contribution in [2.24, 2.45) is 0 Å². The van der Waals surface area contributed by atoms with Gasteiger partial charge in [0.05, 0.1) is 14.9 Å². The number of nitrogens with zero attached hydrogens (tertiary/aromatic N) is 1. The summed E-state index contributed by atoms with van der Waals surface area (Å²) in [5.74, 6) is -0.0594. The third-order valence-electron chi connectivity index (χ3n) is 4.10. The summed E-state index contributed by atoms with van der Waals surface area (Å²) in [5.41, 5.74) is 2.11. The topological polar surface area (TPSA) is 66.5 Å². The van der Waals surface area contributed by atoms with Crippen LogP contribution in [-0.2, 0) is 27.8 Å². The second-order valence-electron chi connectivity index (χ2n) is 5.84. The minimum Gasteiger partial charge on any atom is -0.326 e. The van der Waals surface area contributed by atoms with E-state index in [1.54, 1.807) is 30.3 Å². The van der Waals surface area contributed by atoms with Crippen LogP contribution in [0.3, 0.4) is 0 Å². The van der Waals surface area contributed by atoms with Gasteiger partial charge in [0, 0.05) is 25.7 Å². The number of hydrogen-bond donors (Lipinski definition) is 1. The first-order valence-corrected chi connectivity index (χ1v) is 9.80. The fraction of sp³-hybridized carbons (Fsp3) is 0.235. The molecule has 0 saturated carbocycles. The van der Waals surface area contributed by atoms with Gasteiger partial charge in [-0.15, -0.1) is 0 Å². The lowest BCUT2D eigenvalue weighted by Gasteiger charge is -2.21. The lowest BCUT2D eigenvalue weighted by molar-refractivity contribution is -0.116. The predicted molar refractivity (Wildman–Crippen MR) is 98.5 cm³/mol. The van der Waals surface area contributed by atoms with E-state index in [0.29, 0.717) is 34.1 Å². The van der Waals surface area contributed by atoms with Gasteiger partial charge in [0.15, 0.2) is 0 Å². The Morgan fingerprint density at radius 3 is 2.68 bits per heavy atom. The molecule has 3 rings (SSSR count). The maximum absolute atomic E-state index is 12.8. The molecular weight excluding hydrogens is 383 g/mol. The zero-order valence-electron chi connectivity index (χ0n) is 13.4. The predicted octanol–water partition coefficient (Wildman–Crippen LogP) is 3.70. The Morgan fingerprint density at radius 1 is 1.16 bits per heavy atom. The number of sulfonamides is 1. The molecule has 132 valence electrons. The van der Waals surface area contributed by atoms with Crippen LogP contribution in [0.1, 0.15) is 17.5 Å². The lowest BCUT2D eigenvalue weighted by atomic mass is 10.0. The van der Waals surface area contributed by atoms with Gasteiger partial charge in [-0.1, -0.05) is 35.3 Å². The summed E-state index contributed by atoms with van der Waals surface area (Å²) in [5, 5.41) is 3.47. The fourth-order valence-corrected chi connectivity index (χ4v) is 4.28. The Bertz CT molecular complexity index is 945. The molecule has 0 bridgehead atoms. The molecule has 1 heterocycles. The van der Waals surface area contributed by atoms with Gasteiger partial charge in [0.25, 0.3) is 0 Å². The van der Waals surface area contributed by atoms with Crippen molar-refractivity contribution in [2.45, 2.75) is 24.3 Å². The zero-order chi connectivity index (χ0) is 18.2. The molecule has 0 saturated heterocycles. The number of halogens is 2. The number of fused-ring (bicyclic) bond motifs is 1. The maximum Gasteiger partial charge on any atom is 0.243 e. The summed E-state index contributed by atoms with van der Waals surface area (Å²) in [6.45, 7) is 0.107. The average Bonchev–Trinajstić information content (AvgIpc) is 2.58. The molecule has 0 unspecified atom stereocenters. The SMILES string of the molecule is CN(Cc1cccc(Cl)c1Cl)S(=O)(=O)c1ccc2c(c1)CCC(=O)N2. The molecule has 0 aromatic heterocycles. The summed E-state index contributed by atoms with van der Waals surface area (Å²) < 4.78 is 26.9.